The minimum absolute atomic E-state index is 0.0527. The van der Waals surface area contributed by atoms with Crippen molar-refractivity contribution < 1.29 is 9.59 Å². The Balaban J connectivity index is 1.87. The predicted molar refractivity (Wildman–Crippen MR) is 78.8 cm³/mol. The van der Waals surface area contributed by atoms with Gasteiger partial charge in [0, 0.05) is 23.3 Å². The topological polar surface area (TPSA) is 70.2 Å². The van der Waals surface area contributed by atoms with Gasteiger partial charge in [-0.1, -0.05) is 6.92 Å². The van der Waals surface area contributed by atoms with Crippen molar-refractivity contribution in [2.75, 3.05) is 5.32 Å². The van der Waals surface area contributed by atoms with Crippen molar-refractivity contribution in [2.45, 2.75) is 45.2 Å². The number of hydrogen-bond donors (Lipinski definition) is 3. The van der Waals surface area contributed by atoms with Crippen LogP contribution in [0.25, 0.3) is 0 Å². The van der Waals surface area contributed by atoms with Crippen LogP contribution in [-0.2, 0) is 0 Å². The predicted octanol–water partition coefficient (Wildman–Crippen LogP) is 2.50. The number of urea groups is 1. The molecule has 5 nitrogen and oxygen atoms in total. The van der Waals surface area contributed by atoms with Gasteiger partial charge in [0.15, 0.2) is 0 Å². The van der Waals surface area contributed by atoms with Gasteiger partial charge >= 0.3 is 6.03 Å². The number of carbonyl (C=O) groups excluding carboxylic acids is 2. The molecule has 0 spiro atoms. The molecule has 3 amide bonds. The smallest absolute Gasteiger partial charge is 0.319 e. The molecule has 1 unspecified atom stereocenters. The molecule has 108 valence electrons. The van der Waals surface area contributed by atoms with Crippen molar-refractivity contribution in [3.8, 4) is 0 Å². The number of nitrogens with one attached hydrogen (secondary N) is 3. The maximum atomic E-state index is 11.8. The van der Waals surface area contributed by atoms with E-state index in [4.69, 9.17) is 0 Å². The van der Waals surface area contributed by atoms with Gasteiger partial charge in [-0.25, -0.2) is 4.79 Å². The van der Waals surface area contributed by atoms with E-state index in [1.165, 1.54) is 0 Å². The summed E-state index contributed by atoms with van der Waals surface area (Å²) in [5.74, 6) is -0.0527. The fourth-order valence-corrected chi connectivity index (χ4v) is 1.69. The molecular weight excluding hydrogens is 254 g/mol. The molecule has 1 saturated carbocycles. The molecule has 20 heavy (non-hydrogen) atoms. The quantitative estimate of drug-likeness (QED) is 0.772. The zero-order chi connectivity index (χ0) is 14.5. The van der Waals surface area contributed by atoms with E-state index in [-0.39, 0.29) is 18.0 Å². The van der Waals surface area contributed by atoms with Crippen LogP contribution in [-0.4, -0.2) is 24.0 Å². The molecule has 1 aromatic rings. The maximum Gasteiger partial charge on any atom is 0.319 e. The zero-order valence-electron chi connectivity index (χ0n) is 11.9. The summed E-state index contributed by atoms with van der Waals surface area (Å²) in [5, 5.41) is 8.49. The normalized spacial score (nSPS) is 15.3. The summed E-state index contributed by atoms with van der Waals surface area (Å²) in [7, 11) is 0. The lowest BCUT2D eigenvalue weighted by atomic mass is 10.2. The van der Waals surface area contributed by atoms with Gasteiger partial charge in [-0.05, 0) is 50.5 Å². The Bertz CT molecular complexity index is 480. The molecule has 1 aliphatic rings. The van der Waals surface area contributed by atoms with Crippen molar-refractivity contribution in [1.29, 1.82) is 0 Å². The fourth-order valence-electron chi connectivity index (χ4n) is 1.69. The van der Waals surface area contributed by atoms with Crippen LogP contribution in [0.2, 0.25) is 0 Å². The molecule has 5 heteroatoms. The zero-order valence-corrected chi connectivity index (χ0v) is 11.9. The standard InChI is InChI=1S/C15H21N3O2/c1-3-10(2)16-15(20)18-13-6-4-11(5-7-13)14(19)17-12-8-9-12/h4-7,10,12H,3,8-9H2,1-2H3,(H,17,19)(H2,16,18,20). The van der Waals surface area contributed by atoms with Crippen molar-refractivity contribution in [3.63, 3.8) is 0 Å². The van der Waals surface area contributed by atoms with Crippen LogP contribution in [0, 0.1) is 0 Å². The third-order valence-electron chi connectivity index (χ3n) is 3.31. The lowest BCUT2D eigenvalue weighted by Gasteiger charge is -2.12. The average molecular weight is 275 g/mol. The summed E-state index contributed by atoms with van der Waals surface area (Å²) in [5.41, 5.74) is 1.29. The number of benzene rings is 1. The molecule has 0 bridgehead atoms. The number of amides is 3. The molecular formula is C15H21N3O2. The van der Waals surface area contributed by atoms with E-state index in [1.54, 1.807) is 24.3 Å². The molecule has 0 radical (unpaired) electrons. The Morgan fingerprint density at radius 2 is 1.90 bits per heavy atom. The van der Waals surface area contributed by atoms with Crippen LogP contribution in [0.3, 0.4) is 0 Å². The maximum absolute atomic E-state index is 11.8. The Kier molecular flexibility index (Phi) is 4.61. The summed E-state index contributed by atoms with van der Waals surface area (Å²) in [6.45, 7) is 3.96. The van der Waals surface area contributed by atoms with E-state index in [0.717, 1.165) is 19.3 Å². The summed E-state index contributed by atoms with van der Waals surface area (Å²) < 4.78 is 0. The van der Waals surface area contributed by atoms with E-state index in [2.05, 4.69) is 16.0 Å². The number of anilines is 1. The second kappa shape index (κ2) is 6.41. The molecule has 1 atom stereocenters. The minimum atomic E-state index is -0.227. The van der Waals surface area contributed by atoms with Crippen LogP contribution >= 0.6 is 0 Å². The van der Waals surface area contributed by atoms with Gasteiger partial charge in [0.05, 0.1) is 0 Å². The Hall–Kier alpha value is -2.04. The molecule has 1 aliphatic carbocycles. The van der Waals surface area contributed by atoms with Gasteiger partial charge in [-0.15, -0.1) is 0 Å². The van der Waals surface area contributed by atoms with Crippen LogP contribution in [0.1, 0.15) is 43.5 Å². The summed E-state index contributed by atoms with van der Waals surface area (Å²) in [6, 6.07) is 7.16. The molecule has 1 aromatic carbocycles. The van der Waals surface area contributed by atoms with E-state index < -0.39 is 0 Å². The van der Waals surface area contributed by atoms with E-state index in [1.807, 2.05) is 13.8 Å². The highest BCUT2D eigenvalue weighted by atomic mass is 16.2. The number of carbonyl (C=O) groups is 2. The van der Waals surface area contributed by atoms with E-state index in [9.17, 15) is 9.59 Å². The van der Waals surface area contributed by atoms with E-state index >= 15 is 0 Å². The molecule has 0 aromatic heterocycles. The third kappa shape index (κ3) is 4.26. The van der Waals surface area contributed by atoms with E-state index in [0.29, 0.717) is 17.3 Å². The fraction of sp³-hybridized carbons (Fsp3) is 0.467. The lowest BCUT2D eigenvalue weighted by molar-refractivity contribution is 0.0951. The minimum Gasteiger partial charge on any atom is -0.349 e. The first kappa shape index (κ1) is 14.4. The first-order valence-corrected chi connectivity index (χ1v) is 7.07. The molecule has 0 saturated heterocycles. The van der Waals surface area contributed by atoms with Crippen LogP contribution in [0.5, 0.6) is 0 Å². The second-order valence-electron chi connectivity index (χ2n) is 5.23. The SMILES string of the molecule is CCC(C)NC(=O)Nc1ccc(C(=O)NC2CC2)cc1. The number of hydrogen-bond acceptors (Lipinski definition) is 2. The Morgan fingerprint density at radius 1 is 1.25 bits per heavy atom. The van der Waals surface area contributed by atoms with Gasteiger partial charge in [-0.3, -0.25) is 4.79 Å². The Morgan fingerprint density at radius 3 is 2.45 bits per heavy atom. The largest absolute Gasteiger partial charge is 0.349 e. The van der Waals surface area contributed by atoms with Crippen molar-refractivity contribution in [1.82, 2.24) is 10.6 Å². The van der Waals surface area contributed by atoms with Gasteiger partial charge < -0.3 is 16.0 Å². The van der Waals surface area contributed by atoms with Crippen molar-refractivity contribution in [2.24, 2.45) is 0 Å². The average Bonchev–Trinajstić information content (AvgIpc) is 3.23. The molecule has 0 aliphatic heterocycles. The monoisotopic (exact) mass is 275 g/mol. The second-order valence-corrected chi connectivity index (χ2v) is 5.23. The van der Waals surface area contributed by atoms with Crippen LogP contribution < -0.4 is 16.0 Å². The first-order chi connectivity index (χ1) is 9.58. The van der Waals surface area contributed by atoms with Crippen LogP contribution in [0.4, 0.5) is 10.5 Å². The highest BCUT2D eigenvalue weighted by Gasteiger charge is 2.23. The number of rotatable bonds is 5. The molecule has 1 fully saturated rings. The van der Waals surface area contributed by atoms with Crippen molar-refractivity contribution >= 4 is 17.6 Å². The summed E-state index contributed by atoms with van der Waals surface area (Å²) >= 11 is 0. The lowest BCUT2D eigenvalue weighted by Crippen LogP contribution is -2.35. The highest BCUT2D eigenvalue weighted by molar-refractivity contribution is 5.95. The molecule has 3 N–H and O–H groups in total. The highest BCUT2D eigenvalue weighted by Crippen LogP contribution is 2.19. The Labute approximate surface area is 119 Å². The first-order valence-electron chi connectivity index (χ1n) is 7.07. The van der Waals surface area contributed by atoms with Gasteiger partial charge in [-0.2, -0.15) is 0 Å². The van der Waals surface area contributed by atoms with Crippen molar-refractivity contribution in [3.05, 3.63) is 29.8 Å². The van der Waals surface area contributed by atoms with Gasteiger partial charge in [0.2, 0.25) is 0 Å². The molecule has 2 rings (SSSR count). The summed E-state index contributed by atoms with van der Waals surface area (Å²) in [6.07, 6.45) is 3.02. The van der Waals surface area contributed by atoms with Crippen LogP contribution in [0.15, 0.2) is 24.3 Å². The van der Waals surface area contributed by atoms with Gasteiger partial charge in [0.25, 0.3) is 5.91 Å². The third-order valence-corrected chi connectivity index (χ3v) is 3.31. The van der Waals surface area contributed by atoms with Gasteiger partial charge in [0.1, 0.15) is 0 Å². The summed E-state index contributed by atoms with van der Waals surface area (Å²) in [4.78, 5) is 23.5. The molecule has 0 heterocycles.